The van der Waals surface area contributed by atoms with Gasteiger partial charge in [0.25, 0.3) is 0 Å². The maximum Gasteiger partial charge on any atom is 0.201 e. The summed E-state index contributed by atoms with van der Waals surface area (Å²) in [5.41, 5.74) is 1.68. The Morgan fingerprint density at radius 1 is 1.06 bits per heavy atom. The van der Waals surface area contributed by atoms with Crippen LogP contribution in [0.5, 0.6) is 0 Å². The molecule has 16 heavy (non-hydrogen) atoms. The van der Waals surface area contributed by atoms with Gasteiger partial charge >= 0.3 is 0 Å². The fourth-order valence-electron chi connectivity index (χ4n) is 2.74. The molecular formula is C13H24O2Si. The van der Waals surface area contributed by atoms with Crippen molar-refractivity contribution in [3.8, 4) is 11.8 Å². The Bertz CT molecular complexity index is 250. The average molecular weight is 240 g/mol. The van der Waals surface area contributed by atoms with E-state index in [2.05, 4.69) is 53.4 Å². The number of rotatable bonds is 5. The SMILES string of the molecule is CC(C)[Si](OCC#CC=O)(C(C)C)C(C)C. The molecule has 0 spiro atoms. The highest BCUT2D eigenvalue weighted by atomic mass is 28.4. The molecule has 0 aliphatic carbocycles. The molecule has 0 aromatic carbocycles. The van der Waals surface area contributed by atoms with Crippen LogP contribution in [0.25, 0.3) is 0 Å². The number of aldehydes is 1. The Morgan fingerprint density at radius 2 is 1.50 bits per heavy atom. The van der Waals surface area contributed by atoms with E-state index >= 15 is 0 Å². The van der Waals surface area contributed by atoms with Gasteiger partial charge < -0.3 is 4.43 Å². The molecule has 0 amide bonds. The standard InChI is InChI=1S/C13H24O2Si/c1-11(2)16(12(3)4,13(5)6)15-10-8-7-9-14/h9,11-13H,10H2,1-6H3. The van der Waals surface area contributed by atoms with Gasteiger partial charge in [-0.1, -0.05) is 47.5 Å². The van der Waals surface area contributed by atoms with E-state index in [0.29, 0.717) is 29.5 Å². The minimum Gasteiger partial charge on any atom is -0.405 e. The molecule has 92 valence electrons. The van der Waals surface area contributed by atoms with Crippen molar-refractivity contribution in [2.45, 2.75) is 58.2 Å². The number of hydrogen-bond acceptors (Lipinski definition) is 2. The van der Waals surface area contributed by atoms with Crippen molar-refractivity contribution in [2.24, 2.45) is 0 Å². The summed E-state index contributed by atoms with van der Waals surface area (Å²) in [5, 5.41) is 0. The van der Waals surface area contributed by atoms with E-state index in [9.17, 15) is 4.79 Å². The van der Waals surface area contributed by atoms with Crippen molar-refractivity contribution in [2.75, 3.05) is 6.61 Å². The highest BCUT2D eigenvalue weighted by Gasteiger charge is 2.44. The van der Waals surface area contributed by atoms with Crippen LogP contribution >= 0.6 is 0 Å². The van der Waals surface area contributed by atoms with Crippen LogP contribution in [0.3, 0.4) is 0 Å². The lowest BCUT2D eigenvalue weighted by Gasteiger charge is -2.41. The molecule has 0 bridgehead atoms. The van der Waals surface area contributed by atoms with E-state index in [1.807, 2.05) is 0 Å². The van der Waals surface area contributed by atoms with Gasteiger partial charge in [-0.25, -0.2) is 0 Å². The van der Waals surface area contributed by atoms with Crippen molar-refractivity contribution in [1.29, 1.82) is 0 Å². The van der Waals surface area contributed by atoms with Crippen molar-refractivity contribution in [1.82, 2.24) is 0 Å². The van der Waals surface area contributed by atoms with Gasteiger partial charge in [-0.05, 0) is 22.5 Å². The van der Waals surface area contributed by atoms with Gasteiger partial charge in [0.1, 0.15) is 0 Å². The molecule has 0 radical (unpaired) electrons. The van der Waals surface area contributed by atoms with Crippen LogP contribution in [0, 0.1) is 11.8 Å². The highest BCUT2D eigenvalue weighted by molar-refractivity contribution is 6.77. The lowest BCUT2D eigenvalue weighted by Crippen LogP contribution is -2.47. The van der Waals surface area contributed by atoms with Gasteiger partial charge in [0, 0.05) is 0 Å². The molecule has 0 rings (SSSR count). The van der Waals surface area contributed by atoms with Crippen LogP contribution in [0.15, 0.2) is 0 Å². The van der Waals surface area contributed by atoms with E-state index in [-0.39, 0.29) is 0 Å². The van der Waals surface area contributed by atoms with Gasteiger partial charge in [0.05, 0.1) is 6.61 Å². The Kier molecular flexibility index (Phi) is 6.62. The number of carbonyl (C=O) groups is 1. The third kappa shape index (κ3) is 3.46. The van der Waals surface area contributed by atoms with Crippen molar-refractivity contribution in [3.05, 3.63) is 0 Å². The maximum atomic E-state index is 10.1. The van der Waals surface area contributed by atoms with Crippen LogP contribution in [0.1, 0.15) is 41.5 Å². The lowest BCUT2D eigenvalue weighted by atomic mass is 10.5. The molecular weight excluding hydrogens is 216 g/mol. The van der Waals surface area contributed by atoms with Gasteiger partial charge in [-0.15, -0.1) is 0 Å². The summed E-state index contributed by atoms with van der Waals surface area (Å²) in [6.07, 6.45) is 0.618. The smallest absolute Gasteiger partial charge is 0.201 e. The largest absolute Gasteiger partial charge is 0.405 e. The second-order valence-electron chi connectivity index (χ2n) is 5.05. The molecule has 0 saturated heterocycles. The highest BCUT2D eigenvalue weighted by Crippen LogP contribution is 2.41. The topological polar surface area (TPSA) is 26.3 Å². The van der Waals surface area contributed by atoms with Crippen molar-refractivity contribution < 1.29 is 9.22 Å². The van der Waals surface area contributed by atoms with E-state index in [0.717, 1.165) is 0 Å². The van der Waals surface area contributed by atoms with Crippen molar-refractivity contribution in [3.63, 3.8) is 0 Å². The molecule has 0 aromatic rings. The molecule has 0 aliphatic heterocycles. The molecule has 0 unspecified atom stereocenters. The monoisotopic (exact) mass is 240 g/mol. The second-order valence-corrected chi connectivity index (χ2v) is 10.5. The third-order valence-electron chi connectivity index (χ3n) is 3.26. The molecule has 0 atom stereocenters. The molecule has 0 aliphatic rings. The van der Waals surface area contributed by atoms with Gasteiger partial charge in [-0.2, -0.15) is 0 Å². The first-order chi connectivity index (χ1) is 7.39. The van der Waals surface area contributed by atoms with Crippen LogP contribution < -0.4 is 0 Å². The zero-order valence-corrected chi connectivity index (χ0v) is 12.3. The van der Waals surface area contributed by atoms with Crippen LogP contribution in [0.2, 0.25) is 16.6 Å². The molecule has 2 nitrogen and oxygen atoms in total. The number of hydrogen-bond donors (Lipinski definition) is 0. The summed E-state index contributed by atoms with van der Waals surface area (Å²) in [7, 11) is -1.80. The third-order valence-corrected chi connectivity index (χ3v) is 9.32. The van der Waals surface area contributed by atoms with Crippen LogP contribution in [-0.4, -0.2) is 21.2 Å². The van der Waals surface area contributed by atoms with E-state index in [1.165, 1.54) is 0 Å². The van der Waals surface area contributed by atoms with E-state index < -0.39 is 8.32 Å². The Morgan fingerprint density at radius 3 is 1.81 bits per heavy atom. The Hall–Kier alpha value is -0.593. The summed E-state index contributed by atoms with van der Waals surface area (Å²) in [6.45, 7) is 13.8. The minimum absolute atomic E-state index is 0.388. The molecule has 3 heteroatoms. The van der Waals surface area contributed by atoms with Gasteiger partial charge in [0.15, 0.2) is 6.29 Å². The molecule has 0 heterocycles. The lowest BCUT2D eigenvalue weighted by molar-refractivity contribution is -0.103. The summed E-state index contributed by atoms with van der Waals surface area (Å²) < 4.78 is 6.12. The minimum atomic E-state index is -1.80. The summed E-state index contributed by atoms with van der Waals surface area (Å²) in [4.78, 5) is 10.1. The quantitative estimate of drug-likeness (QED) is 0.418. The predicted molar refractivity (Wildman–Crippen MR) is 70.8 cm³/mol. The van der Waals surface area contributed by atoms with Gasteiger partial charge in [0.2, 0.25) is 8.32 Å². The summed E-state index contributed by atoms with van der Waals surface area (Å²) in [5.74, 6) is 5.15. The first kappa shape index (κ1) is 15.4. The van der Waals surface area contributed by atoms with E-state index in [4.69, 9.17) is 4.43 Å². The van der Waals surface area contributed by atoms with E-state index in [1.54, 1.807) is 0 Å². The summed E-state index contributed by atoms with van der Waals surface area (Å²) in [6, 6.07) is 0. The normalized spacial score (nSPS) is 11.8. The zero-order chi connectivity index (χ0) is 12.8. The van der Waals surface area contributed by atoms with Crippen molar-refractivity contribution >= 4 is 14.6 Å². The molecule has 0 saturated carbocycles. The maximum absolute atomic E-state index is 10.1. The number of carbonyl (C=O) groups excluding carboxylic acids is 1. The molecule has 0 fully saturated rings. The fourth-order valence-corrected chi connectivity index (χ4v) is 8.07. The fraction of sp³-hybridized carbons (Fsp3) is 0.769. The predicted octanol–water partition coefficient (Wildman–Crippen LogP) is 3.38. The van der Waals surface area contributed by atoms with Crippen LogP contribution in [-0.2, 0) is 9.22 Å². The zero-order valence-electron chi connectivity index (χ0n) is 11.3. The Balaban J connectivity index is 4.83. The Labute approximate surface area is 101 Å². The molecule has 0 aromatic heterocycles. The van der Waals surface area contributed by atoms with Crippen LogP contribution in [0.4, 0.5) is 0 Å². The summed E-state index contributed by atoms with van der Waals surface area (Å²) >= 11 is 0. The average Bonchev–Trinajstić information content (AvgIpc) is 2.16. The first-order valence-corrected chi connectivity index (χ1v) is 8.09. The van der Waals surface area contributed by atoms with Gasteiger partial charge in [-0.3, -0.25) is 4.79 Å². The molecule has 0 N–H and O–H groups in total. The first-order valence-electron chi connectivity index (χ1n) is 5.95. The second kappa shape index (κ2) is 6.88.